The maximum absolute atomic E-state index is 4.69. The molecule has 5 rings (SSSR count). The van der Waals surface area contributed by atoms with Crippen LogP contribution in [-0.2, 0) is 0 Å². The molecule has 0 radical (unpaired) electrons. The van der Waals surface area contributed by atoms with Crippen molar-refractivity contribution in [2.24, 2.45) is 0 Å². The summed E-state index contributed by atoms with van der Waals surface area (Å²) in [4.78, 5) is 9.16. The molecule has 29 heavy (non-hydrogen) atoms. The van der Waals surface area contributed by atoms with Crippen LogP contribution in [-0.4, -0.2) is 9.97 Å². The SMILES string of the molecule is Cc1nc(C)c(C)c(-c2ccc(-c3cc4ccccc4c4ccccc34)cc2)n1. The quantitative estimate of drug-likeness (QED) is 0.310. The molecule has 0 spiro atoms. The van der Waals surface area contributed by atoms with Gasteiger partial charge in [0.05, 0.1) is 5.69 Å². The molecule has 5 aromatic rings. The second-order valence-electron chi connectivity index (χ2n) is 7.60. The molecule has 0 fully saturated rings. The first-order chi connectivity index (χ1) is 14.1. The number of nitrogens with zero attached hydrogens (tertiary/aromatic N) is 2. The van der Waals surface area contributed by atoms with Crippen LogP contribution in [0.1, 0.15) is 17.1 Å². The van der Waals surface area contributed by atoms with E-state index in [1.165, 1.54) is 32.7 Å². The van der Waals surface area contributed by atoms with Crippen molar-refractivity contribution in [3.8, 4) is 22.4 Å². The van der Waals surface area contributed by atoms with E-state index in [0.29, 0.717) is 0 Å². The van der Waals surface area contributed by atoms with Crippen LogP contribution in [0, 0.1) is 20.8 Å². The lowest BCUT2D eigenvalue weighted by atomic mass is 9.92. The van der Waals surface area contributed by atoms with E-state index in [2.05, 4.69) is 95.8 Å². The summed E-state index contributed by atoms with van der Waals surface area (Å²) < 4.78 is 0. The lowest BCUT2D eigenvalue weighted by Gasteiger charge is -2.12. The average molecular weight is 374 g/mol. The first kappa shape index (κ1) is 17.6. The van der Waals surface area contributed by atoms with Crippen molar-refractivity contribution in [2.75, 3.05) is 0 Å². The first-order valence-corrected chi connectivity index (χ1v) is 9.95. The molecule has 0 bridgehead atoms. The third-order valence-corrected chi connectivity index (χ3v) is 5.74. The maximum atomic E-state index is 4.69. The molecule has 2 heteroatoms. The molecule has 4 aromatic carbocycles. The van der Waals surface area contributed by atoms with Crippen molar-refractivity contribution in [3.63, 3.8) is 0 Å². The topological polar surface area (TPSA) is 25.8 Å². The second kappa shape index (κ2) is 6.82. The highest BCUT2D eigenvalue weighted by Gasteiger charge is 2.11. The van der Waals surface area contributed by atoms with Gasteiger partial charge in [0.1, 0.15) is 5.82 Å². The Morgan fingerprint density at radius 1 is 0.586 bits per heavy atom. The number of fused-ring (bicyclic) bond motifs is 3. The van der Waals surface area contributed by atoms with Gasteiger partial charge in [-0.15, -0.1) is 0 Å². The fourth-order valence-electron chi connectivity index (χ4n) is 4.15. The molecule has 0 unspecified atom stereocenters. The number of hydrogen-bond acceptors (Lipinski definition) is 2. The molecular formula is C27H22N2. The predicted octanol–water partition coefficient (Wildman–Crippen LogP) is 7.04. The van der Waals surface area contributed by atoms with Crippen molar-refractivity contribution in [1.29, 1.82) is 0 Å². The Kier molecular flexibility index (Phi) is 4.13. The zero-order chi connectivity index (χ0) is 20.0. The molecule has 0 N–H and O–H groups in total. The highest BCUT2D eigenvalue weighted by Crippen LogP contribution is 2.35. The van der Waals surface area contributed by atoms with Crippen molar-refractivity contribution in [3.05, 3.63) is 95.9 Å². The van der Waals surface area contributed by atoms with Crippen LogP contribution in [0.25, 0.3) is 43.9 Å². The Hall–Kier alpha value is -3.52. The number of rotatable bonds is 2. The van der Waals surface area contributed by atoms with Gasteiger partial charge < -0.3 is 0 Å². The third kappa shape index (κ3) is 2.98. The highest BCUT2D eigenvalue weighted by atomic mass is 14.9. The minimum atomic E-state index is 0.813. The fraction of sp³-hybridized carbons (Fsp3) is 0.111. The molecule has 0 saturated carbocycles. The van der Waals surface area contributed by atoms with Crippen molar-refractivity contribution >= 4 is 21.5 Å². The van der Waals surface area contributed by atoms with Gasteiger partial charge in [-0.05, 0) is 65.1 Å². The predicted molar refractivity (Wildman–Crippen MR) is 122 cm³/mol. The van der Waals surface area contributed by atoms with E-state index < -0.39 is 0 Å². The Labute approximate surface area is 170 Å². The molecule has 0 aliphatic rings. The second-order valence-corrected chi connectivity index (χ2v) is 7.60. The molecule has 2 nitrogen and oxygen atoms in total. The molecular weight excluding hydrogens is 352 g/mol. The van der Waals surface area contributed by atoms with Crippen LogP contribution < -0.4 is 0 Å². The maximum Gasteiger partial charge on any atom is 0.126 e. The summed E-state index contributed by atoms with van der Waals surface area (Å²) in [5.74, 6) is 0.813. The standard InChI is InChI=1S/C27H22N2/c1-17-18(2)28-19(3)29-27(17)21-14-12-20(13-15-21)26-16-22-8-4-5-9-23(22)24-10-6-7-11-25(24)26/h4-16H,1-3H3. The van der Waals surface area contributed by atoms with Gasteiger partial charge in [0, 0.05) is 11.3 Å². The molecule has 140 valence electrons. The van der Waals surface area contributed by atoms with Crippen molar-refractivity contribution in [2.45, 2.75) is 20.8 Å². The van der Waals surface area contributed by atoms with Gasteiger partial charge in [-0.1, -0.05) is 72.8 Å². The fourth-order valence-corrected chi connectivity index (χ4v) is 4.15. The molecule has 0 aliphatic carbocycles. The summed E-state index contributed by atoms with van der Waals surface area (Å²) in [7, 11) is 0. The van der Waals surface area contributed by atoms with E-state index >= 15 is 0 Å². The number of aromatic nitrogens is 2. The van der Waals surface area contributed by atoms with Crippen molar-refractivity contribution < 1.29 is 0 Å². The zero-order valence-electron chi connectivity index (χ0n) is 16.9. The van der Waals surface area contributed by atoms with Crippen LogP contribution in [0.4, 0.5) is 0 Å². The zero-order valence-corrected chi connectivity index (χ0v) is 16.9. The van der Waals surface area contributed by atoms with Crippen LogP contribution in [0.3, 0.4) is 0 Å². The summed E-state index contributed by atoms with van der Waals surface area (Å²) in [6.45, 7) is 6.09. The van der Waals surface area contributed by atoms with Gasteiger partial charge in [0.15, 0.2) is 0 Å². The van der Waals surface area contributed by atoms with Gasteiger partial charge in [-0.2, -0.15) is 0 Å². The molecule has 0 amide bonds. The Bertz CT molecular complexity index is 1370. The Balaban J connectivity index is 1.68. The van der Waals surface area contributed by atoms with Gasteiger partial charge in [0.25, 0.3) is 0 Å². The molecule has 0 aliphatic heterocycles. The minimum Gasteiger partial charge on any atom is -0.238 e. The Morgan fingerprint density at radius 2 is 1.21 bits per heavy atom. The summed E-state index contributed by atoms with van der Waals surface area (Å²) in [6, 6.07) is 28.3. The van der Waals surface area contributed by atoms with Gasteiger partial charge in [-0.25, -0.2) is 9.97 Å². The summed E-state index contributed by atoms with van der Waals surface area (Å²) >= 11 is 0. The molecule has 0 atom stereocenters. The van der Waals surface area contributed by atoms with E-state index in [1.807, 2.05) is 13.8 Å². The van der Waals surface area contributed by atoms with Gasteiger partial charge in [0.2, 0.25) is 0 Å². The van der Waals surface area contributed by atoms with Gasteiger partial charge in [-0.3, -0.25) is 0 Å². The van der Waals surface area contributed by atoms with E-state index in [0.717, 1.165) is 28.3 Å². The number of hydrogen-bond donors (Lipinski definition) is 0. The van der Waals surface area contributed by atoms with E-state index in [1.54, 1.807) is 0 Å². The van der Waals surface area contributed by atoms with Crippen LogP contribution in [0.5, 0.6) is 0 Å². The molecule has 1 heterocycles. The van der Waals surface area contributed by atoms with E-state index in [-0.39, 0.29) is 0 Å². The highest BCUT2D eigenvalue weighted by molar-refractivity contribution is 6.13. The lowest BCUT2D eigenvalue weighted by molar-refractivity contribution is 0.992. The van der Waals surface area contributed by atoms with Crippen LogP contribution >= 0.6 is 0 Å². The van der Waals surface area contributed by atoms with Crippen LogP contribution in [0.2, 0.25) is 0 Å². The van der Waals surface area contributed by atoms with Crippen LogP contribution in [0.15, 0.2) is 78.9 Å². The minimum absolute atomic E-state index is 0.813. The van der Waals surface area contributed by atoms with Gasteiger partial charge >= 0.3 is 0 Å². The first-order valence-electron chi connectivity index (χ1n) is 9.95. The number of benzene rings is 4. The normalized spacial score (nSPS) is 11.3. The summed E-state index contributed by atoms with van der Waals surface area (Å²) in [5, 5.41) is 5.14. The van der Waals surface area contributed by atoms with Crippen molar-refractivity contribution in [1.82, 2.24) is 9.97 Å². The lowest BCUT2D eigenvalue weighted by Crippen LogP contribution is -1.99. The molecule has 0 saturated heterocycles. The number of aryl methyl sites for hydroxylation is 2. The molecule has 1 aromatic heterocycles. The Morgan fingerprint density at radius 3 is 1.97 bits per heavy atom. The average Bonchev–Trinajstić information content (AvgIpc) is 2.76. The smallest absolute Gasteiger partial charge is 0.126 e. The van der Waals surface area contributed by atoms with E-state index in [9.17, 15) is 0 Å². The third-order valence-electron chi connectivity index (χ3n) is 5.74. The largest absolute Gasteiger partial charge is 0.238 e. The monoisotopic (exact) mass is 374 g/mol. The summed E-state index contributed by atoms with van der Waals surface area (Å²) in [6.07, 6.45) is 0. The summed E-state index contributed by atoms with van der Waals surface area (Å²) in [5.41, 5.74) is 6.81. The van der Waals surface area contributed by atoms with E-state index in [4.69, 9.17) is 0 Å².